The molecule has 1 atom stereocenters. The van der Waals surface area contributed by atoms with Crippen LogP contribution in [0.5, 0.6) is 0 Å². The summed E-state index contributed by atoms with van der Waals surface area (Å²) >= 11 is 0. The minimum atomic E-state index is -0.566. The molecular formula is C14H18FN3O3. The van der Waals surface area contributed by atoms with E-state index in [2.05, 4.69) is 16.0 Å². The SMILES string of the molecule is CC(=O)Nc1ccc(F)c(NC(=O)NC[C@@H]2CCOC2)c1. The second-order valence-electron chi connectivity index (χ2n) is 4.94. The van der Waals surface area contributed by atoms with Crippen LogP contribution in [0.1, 0.15) is 13.3 Å². The van der Waals surface area contributed by atoms with E-state index < -0.39 is 11.8 Å². The third-order valence-corrected chi connectivity index (χ3v) is 3.11. The maximum atomic E-state index is 13.6. The minimum Gasteiger partial charge on any atom is -0.381 e. The number of benzene rings is 1. The molecule has 0 unspecified atom stereocenters. The Kier molecular flexibility index (Phi) is 5.10. The number of hydrogen-bond donors (Lipinski definition) is 3. The lowest BCUT2D eigenvalue weighted by Gasteiger charge is -2.12. The van der Waals surface area contributed by atoms with Crippen molar-refractivity contribution in [3.8, 4) is 0 Å². The second kappa shape index (κ2) is 7.03. The Hall–Kier alpha value is -2.15. The van der Waals surface area contributed by atoms with Gasteiger partial charge in [-0.05, 0) is 24.6 Å². The Morgan fingerprint density at radius 1 is 1.38 bits per heavy atom. The first-order valence-corrected chi connectivity index (χ1v) is 6.74. The summed E-state index contributed by atoms with van der Waals surface area (Å²) in [6, 6.07) is 3.50. The lowest BCUT2D eigenvalue weighted by molar-refractivity contribution is -0.114. The van der Waals surface area contributed by atoms with E-state index in [9.17, 15) is 14.0 Å². The highest BCUT2D eigenvalue weighted by Gasteiger charge is 2.16. The van der Waals surface area contributed by atoms with Crippen molar-refractivity contribution in [3.63, 3.8) is 0 Å². The van der Waals surface area contributed by atoms with Gasteiger partial charge in [-0.3, -0.25) is 4.79 Å². The quantitative estimate of drug-likeness (QED) is 0.794. The zero-order chi connectivity index (χ0) is 15.2. The summed E-state index contributed by atoms with van der Waals surface area (Å²) in [7, 11) is 0. The molecule has 1 aromatic rings. The fourth-order valence-electron chi connectivity index (χ4n) is 2.05. The van der Waals surface area contributed by atoms with Gasteiger partial charge in [0.05, 0.1) is 12.3 Å². The van der Waals surface area contributed by atoms with Crippen LogP contribution >= 0.6 is 0 Å². The largest absolute Gasteiger partial charge is 0.381 e. The molecule has 0 bridgehead atoms. The molecule has 2 rings (SSSR count). The van der Waals surface area contributed by atoms with Crippen LogP contribution in [-0.4, -0.2) is 31.7 Å². The van der Waals surface area contributed by atoms with Gasteiger partial charge in [0, 0.05) is 31.7 Å². The molecule has 1 saturated heterocycles. The van der Waals surface area contributed by atoms with Crippen molar-refractivity contribution in [1.29, 1.82) is 0 Å². The molecule has 3 amide bonds. The molecule has 1 aliphatic heterocycles. The predicted molar refractivity (Wildman–Crippen MR) is 76.7 cm³/mol. The summed E-state index contributed by atoms with van der Waals surface area (Å²) in [5.41, 5.74) is 0.435. The van der Waals surface area contributed by atoms with Crippen molar-refractivity contribution in [2.75, 3.05) is 30.4 Å². The van der Waals surface area contributed by atoms with E-state index in [4.69, 9.17) is 4.74 Å². The van der Waals surface area contributed by atoms with Crippen LogP contribution in [-0.2, 0) is 9.53 Å². The summed E-state index contributed by atoms with van der Waals surface area (Å²) in [6.07, 6.45) is 0.909. The van der Waals surface area contributed by atoms with Gasteiger partial charge in [-0.2, -0.15) is 0 Å². The smallest absolute Gasteiger partial charge is 0.319 e. The number of nitrogens with one attached hydrogen (secondary N) is 3. The van der Waals surface area contributed by atoms with Crippen molar-refractivity contribution in [2.45, 2.75) is 13.3 Å². The number of hydrogen-bond acceptors (Lipinski definition) is 3. The molecule has 21 heavy (non-hydrogen) atoms. The first kappa shape index (κ1) is 15.2. The van der Waals surface area contributed by atoms with Gasteiger partial charge in [0.25, 0.3) is 0 Å². The average Bonchev–Trinajstić information content (AvgIpc) is 2.93. The summed E-state index contributed by atoms with van der Waals surface area (Å²) in [4.78, 5) is 22.7. The molecule has 0 spiro atoms. The number of urea groups is 1. The van der Waals surface area contributed by atoms with E-state index in [-0.39, 0.29) is 11.6 Å². The lowest BCUT2D eigenvalue weighted by Crippen LogP contribution is -2.33. The van der Waals surface area contributed by atoms with Crippen LogP contribution in [0.3, 0.4) is 0 Å². The molecule has 0 saturated carbocycles. The van der Waals surface area contributed by atoms with Gasteiger partial charge in [0.2, 0.25) is 5.91 Å². The average molecular weight is 295 g/mol. The molecule has 0 aliphatic carbocycles. The first-order chi connectivity index (χ1) is 10.0. The number of halogens is 1. The number of ether oxygens (including phenoxy) is 1. The van der Waals surface area contributed by atoms with Gasteiger partial charge >= 0.3 is 6.03 Å². The molecule has 0 radical (unpaired) electrons. The number of carbonyl (C=O) groups is 2. The Bertz CT molecular complexity index is 530. The maximum absolute atomic E-state index is 13.6. The molecule has 1 aliphatic rings. The maximum Gasteiger partial charge on any atom is 0.319 e. The van der Waals surface area contributed by atoms with Crippen LogP contribution in [0.2, 0.25) is 0 Å². The number of anilines is 2. The Labute approximate surface area is 122 Å². The predicted octanol–water partition coefficient (Wildman–Crippen LogP) is 1.94. The van der Waals surface area contributed by atoms with Crippen molar-refractivity contribution < 1.29 is 18.7 Å². The Morgan fingerprint density at radius 2 is 2.19 bits per heavy atom. The van der Waals surface area contributed by atoms with Crippen LogP contribution < -0.4 is 16.0 Å². The van der Waals surface area contributed by atoms with E-state index in [0.29, 0.717) is 31.4 Å². The van der Waals surface area contributed by atoms with Crippen molar-refractivity contribution >= 4 is 23.3 Å². The number of rotatable bonds is 4. The van der Waals surface area contributed by atoms with Gasteiger partial charge < -0.3 is 20.7 Å². The van der Waals surface area contributed by atoms with E-state index in [0.717, 1.165) is 6.42 Å². The fraction of sp³-hybridized carbons (Fsp3) is 0.429. The standard InChI is InChI=1S/C14H18FN3O3/c1-9(19)17-11-2-3-12(15)13(6-11)18-14(20)16-7-10-4-5-21-8-10/h2-3,6,10H,4-5,7-8H2,1H3,(H,17,19)(H2,16,18,20)/t10-/m0/s1. The first-order valence-electron chi connectivity index (χ1n) is 6.74. The van der Waals surface area contributed by atoms with Crippen LogP contribution in [0, 0.1) is 11.7 Å². The van der Waals surface area contributed by atoms with Gasteiger partial charge in [0.15, 0.2) is 0 Å². The van der Waals surface area contributed by atoms with Gasteiger partial charge in [-0.1, -0.05) is 0 Å². The molecular weight excluding hydrogens is 277 g/mol. The Balaban J connectivity index is 1.90. The molecule has 6 nitrogen and oxygen atoms in total. The van der Waals surface area contributed by atoms with Crippen molar-refractivity contribution in [3.05, 3.63) is 24.0 Å². The second-order valence-corrected chi connectivity index (χ2v) is 4.94. The summed E-state index contributed by atoms with van der Waals surface area (Å²) in [5.74, 6) is -0.534. The molecule has 0 aromatic heterocycles. The molecule has 114 valence electrons. The van der Waals surface area contributed by atoms with Crippen LogP contribution in [0.25, 0.3) is 0 Å². The normalized spacial score (nSPS) is 17.3. The Morgan fingerprint density at radius 3 is 2.86 bits per heavy atom. The topological polar surface area (TPSA) is 79.5 Å². The van der Waals surface area contributed by atoms with Gasteiger partial charge in [0.1, 0.15) is 5.82 Å². The van der Waals surface area contributed by atoms with Crippen LogP contribution in [0.4, 0.5) is 20.6 Å². The zero-order valence-electron chi connectivity index (χ0n) is 11.7. The molecule has 7 heteroatoms. The van der Waals surface area contributed by atoms with E-state index in [1.165, 1.54) is 25.1 Å². The fourth-order valence-corrected chi connectivity index (χ4v) is 2.05. The molecule has 1 heterocycles. The van der Waals surface area contributed by atoms with E-state index in [1.54, 1.807) is 0 Å². The summed E-state index contributed by atoms with van der Waals surface area (Å²) in [5, 5.41) is 7.64. The van der Waals surface area contributed by atoms with E-state index >= 15 is 0 Å². The molecule has 1 aromatic carbocycles. The van der Waals surface area contributed by atoms with E-state index in [1.807, 2.05) is 0 Å². The van der Waals surface area contributed by atoms with Crippen molar-refractivity contribution in [1.82, 2.24) is 5.32 Å². The van der Waals surface area contributed by atoms with Gasteiger partial charge in [-0.15, -0.1) is 0 Å². The third-order valence-electron chi connectivity index (χ3n) is 3.11. The zero-order valence-corrected chi connectivity index (χ0v) is 11.7. The monoisotopic (exact) mass is 295 g/mol. The molecule has 3 N–H and O–H groups in total. The highest BCUT2D eigenvalue weighted by atomic mass is 19.1. The van der Waals surface area contributed by atoms with Gasteiger partial charge in [-0.25, -0.2) is 9.18 Å². The van der Waals surface area contributed by atoms with Crippen molar-refractivity contribution in [2.24, 2.45) is 5.92 Å². The highest BCUT2D eigenvalue weighted by Crippen LogP contribution is 2.19. The highest BCUT2D eigenvalue weighted by molar-refractivity contribution is 5.92. The third kappa shape index (κ3) is 4.71. The molecule has 1 fully saturated rings. The summed E-state index contributed by atoms with van der Waals surface area (Å²) in [6.45, 7) is 3.18. The number of carbonyl (C=O) groups excluding carboxylic acids is 2. The lowest BCUT2D eigenvalue weighted by atomic mass is 10.1. The minimum absolute atomic E-state index is 0.0152. The van der Waals surface area contributed by atoms with Crippen LogP contribution in [0.15, 0.2) is 18.2 Å². The summed E-state index contributed by atoms with van der Waals surface area (Å²) < 4.78 is 18.8. The number of amides is 3.